The van der Waals surface area contributed by atoms with Gasteiger partial charge in [0.25, 0.3) is 0 Å². The van der Waals surface area contributed by atoms with Crippen LogP contribution >= 0.6 is 0 Å². The maximum atomic E-state index is 13.3. The summed E-state index contributed by atoms with van der Waals surface area (Å²) in [5.74, 6) is 1.65. The lowest BCUT2D eigenvalue weighted by molar-refractivity contribution is 0.461. The van der Waals surface area contributed by atoms with E-state index in [2.05, 4.69) is 5.32 Å². The van der Waals surface area contributed by atoms with Crippen molar-refractivity contribution < 1.29 is 8.81 Å². The third kappa shape index (κ3) is 3.17. The second-order valence-corrected chi connectivity index (χ2v) is 4.20. The molecule has 2 nitrogen and oxygen atoms in total. The molecule has 0 unspecified atom stereocenters. The molecule has 2 rings (SSSR count). The summed E-state index contributed by atoms with van der Waals surface area (Å²) in [6.45, 7) is 4.97. The summed E-state index contributed by atoms with van der Waals surface area (Å²) in [4.78, 5) is 0. The quantitative estimate of drug-likeness (QED) is 0.876. The predicted octanol–water partition coefficient (Wildman–Crippen LogP) is 3.33. The number of hydrogen-bond donors (Lipinski definition) is 1. The summed E-state index contributed by atoms with van der Waals surface area (Å²) in [5, 5.41) is 3.22. The van der Waals surface area contributed by atoms with Crippen LogP contribution in [-0.4, -0.2) is 0 Å². The van der Waals surface area contributed by atoms with Gasteiger partial charge in [-0.05, 0) is 43.2 Å². The molecular formula is C14H16FNO. The molecule has 1 aromatic heterocycles. The number of rotatable bonds is 4. The fourth-order valence-corrected chi connectivity index (χ4v) is 1.66. The van der Waals surface area contributed by atoms with Crippen LogP contribution in [0.15, 0.2) is 34.7 Å². The first-order chi connectivity index (χ1) is 8.15. The van der Waals surface area contributed by atoms with Gasteiger partial charge in [0.15, 0.2) is 0 Å². The van der Waals surface area contributed by atoms with Gasteiger partial charge in [-0.3, -0.25) is 0 Å². The van der Waals surface area contributed by atoms with E-state index in [-0.39, 0.29) is 5.82 Å². The summed E-state index contributed by atoms with van der Waals surface area (Å²) in [7, 11) is 0. The molecule has 1 heterocycles. The Bertz CT molecular complexity index is 505. The van der Waals surface area contributed by atoms with Crippen molar-refractivity contribution >= 4 is 0 Å². The molecule has 0 saturated heterocycles. The number of aryl methyl sites for hydroxylation is 2. The summed E-state index contributed by atoms with van der Waals surface area (Å²) >= 11 is 0. The van der Waals surface area contributed by atoms with Crippen LogP contribution in [0.1, 0.15) is 22.6 Å². The normalized spacial score (nSPS) is 10.8. The molecule has 2 aromatic rings. The topological polar surface area (TPSA) is 25.2 Å². The molecule has 0 aliphatic carbocycles. The minimum absolute atomic E-state index is 0.154. The van der Waals surface area contributed by atoms with Gasteiger partial charge in [-0.25, -0.2) is 4.39 Å². The number of benzene rings is 1. The maximum Gasteiger partial charge on any atom is 0.126 e. The number of furan rings is 1. The van der Waals surface area contributed by atoms with E-state index in [9.17, 15) is 4.39 Å². The zero-order valence-corrected chi connectivity index (χ0v) is 10.1. The third-order valence-corrected chi connectivity index (χ3v) is 2.66. The first-order valence-corrected chi connectivity index (χ1v) is 5.66. The second-order valence-electron chi connectivity index (χ2n) is 4.20. The lowest BCUT2D eigenvalue weighted by Crippen LogP contribution is -2.12. The smallest absolute Gasteiger partial charge is 0.126 e. The molecule has 1 aromatic carbocycles. The molecule has 1 N–H and O–H groups in total. The Hall–Kier alpha value is -1.61. The highest BCUT2D eigenvalue weighted by atomic mass is 19.1. The Morgan fingerprint density at radius 2 is 1.94 bits per heavy atom. The van der Waals surface area contributed by atoms with Crippen molar-refractivity contribution in [2.45, 2.75) is 26.9 Å². The van der Waals surface area contributed by atoms with E-state index in [4.69, 9.17) is 4.42 Å². The van der Waals surface area contributed by atoms with Crippen LogP contribution < -0.4 is 5.32 Å². The van der Waals surface area contributed by atoms with E-state index < -0.39 is 0 Å². The van der Waals surface area contributed by atoms with Crippen molar-refractivity contribution in [2.75, 3.05) is 0 Å². The van der Waals surface area contributed by atoms with E-state index in [1.807, 2.05) is 25.1 Å². The molecular weight excluding hydrogens is 217 g/mol. The fourth-order valence-electron chi connectivity index (χ4n) is 1.66. The maximum absolute atomic E-state index is 13.3. The molecule has 0 aliphatic rings. The molecule has 0 amide bonds. The van der Waals surface area contributed by atoms with E-state index in [0.29, 0.717) is 18.7 Å². The largest absolute Gasteiger partial charge is 0.465 e. The SMILES string of the molecule is Cc1ccc(CNCc2ccc(C)c(F)c2)o1. The fraction of sp³-hybridized carbons (Fsp3) is 0.286. The van der Waals surface area contributed by atoms with Gasteiger partial charge in [-0.2, -0.15) is 0 Å². The van der Waals surface area contributed by atoms with Crippen molar-refractivity contribution in [3.8, 4) is 0 Å². The standard InChI is InChI=1S/C14H16FNO/c1-10-3-5-12(7-14(10)15)8-16-9-13-6-4-11(2)17-13/h3-7,16H,8-9H2,1-2H3. The van der Waals surface area contributed by atoms with Crippen LogP contribution in [0.3, 0.4) is 0 Å². The molecule has 3 heteroatoms. The molecule has 0 aliphatic heterocycles. The molecule has 90 valence electrons. The van der Waals surface area contributed by atoms with Gasteiger partial charge in [0.1, 0.15) is 17.3 Å². The van der Waals surface area contributed by atoms with Gasteiger partial charge >= 0.3 is 0 Å². The zero-order chi connectivity index (χ0) is 12.3. The van der Waals surface area contributed by atoms with Crippen molar-refractivity contribution in [2.24, 2.45) is 0 Å². The summed E-state index contributed by atoms with van der Waals surface area (Å²) in [6, 6.07) is 9.17. The third-order valence-electron chi connectivity index (χ3n) is 2.66. The molecule has 0 radical (unpaired) electrons. The van der Waals surface area contributed by atoms with E-state index in [0.717, 1.165) is 17.1 Å². The van der Waals surface area contributed by atoms with Crippen LogP contribution in [-0.2, 0) is 13.1 Å². The first-order valence-electron chi connectivity index (χ1n) is 5.66. The lowest BCUT2D eigenvalue weighted by Gasteiger charge is -2.04. The predicted molar refractivity (Wildman–Crippen MR) is 65.1 cm³/mol. The van der Waals surface area contributed by atoms with Crippen molar-refractivity contribution in [1.82, 2.24) is 5.32 Å². The number of hydrogen-bond acceptors (Lipinski definition) is 2. The Morgan fingerprint density at radius 3 is 2.59 bits per heavy atom. The van der Waals surface area contributed by atoms with Gasteiger partial charge in [0.05, 0.1) is 6.54 Å². The minimum Gasteiger partial charge on any atom is -0.465 e. The first kappa shape index (κ1) is 11.9. The number of halogens is 1. The average Bonchev–Trinajstić information content (AvgIpc) is 2.70. The summed E-state index contributed by atoms with van der Waals surface area (Å²) < 4.78 is 18.7. The van der Waals surface area contributed by atoms with Crippen molar-refractivity contribution in [3.63, 3.8) is 0 Å². The van der Waals surface area contributed by atoms with E-state index >= 15 is 0 Å². The lowest BCUT2D eigenvalue weighted by atomic mass is 10.1. The molecule has 17 heavy (non-hydrogen) atoms. The Balaban J connectivity index is 1.87. The average molecular weight is 233 g/mol. The monoisotopic (exact) mass is 233 g/mol. The van der Waals surface area contributed by atoms with Crippen LogP contribution in [0, 0.1) is 19.7 Å². The highest BCUT2D eigenvalue weighted by Crippen LogP contribution is 2.10. The molecule has 0 saturated carbocycles. The van der Waals surface area contributed by atoms with E-state index in [1.54, 1.807) is 19.1 Å². The van der Waals surface area contributed by atoms with Gasteiger partial charge in [0, 0.05) is 6.54 Å². The zero-order valence-electron chi connectivity index (χ0n) is 10.1. The molecule has 0 bridgehead atoms. The van der Waals surface area contributed by atoms with Crippen LogP contribution in [0.5, 0.6) is 0 Å². The van der Waals surface area contributed by atoms with Crippen molar-refractivity contribution in [3.05, 3.63) is 58.8 Å². The summed E-state index contributed by atoms with van der Waals surface area (Å²) in [6.07, 6.45) is 0. The molecule has 0 spiro atoms. The Labute approximate surface area is 100 Å². The Morgan fingerprint density at radius 1 is 1.12 bits per heavy atom. The highest BCUT2D eigenvalue weighted by Gasteiger charge is 2.01. The Kier molecular flexibility index (Phi) is 3.59. The van der Waals surface area contributed by atoms with Gasteiger partial charge in [-0.15, -0.1) is 0 Å². The van der Waals surface area contributed by atoms with Crippen LogP contribution in [0.2, 0.25) is 0 Å². The minimum atomic E-state index is -0.154. The second kappa shape index (κ2) is 5.15. The highest BCUT2D eigenvalue weighted by molar-refractivity contribution is 5.23. The van der Waals surface area contributed by atoms with Crippen LogP contribution in [0.25, 0.3) is 0 Å². The van der Waals surface area contributed by atoms with Crippen molar-refractivity contribution in [1.29, 1.82) is 0 Å². The van der Waals surface area contributed by atoms with Gasteiger partial charge in [-0.1, -0.05) is 12.1 Å². The van der Waals surface area contributed by atoms with Gasteiger partial charge in [0.2, 0.25) is 0 Å². The number of nitrogens with one attached hydrogen (secondary N) is 1. The van der Waals surface area contributed by atoms with Crippen LogP contribution in [0.4, 0.5) is 4.39 Å². The summed E-state index contributed by atoms with van der Waals surface area (Å²) in [5.41, 5.74) is 1.62. The molecule has 0 atom stereocenters. The molecule has 0 fully saturated rings. The van der Waals surface area contributed by atoms with E-state index in [1.165, 1.54) is 0 Å². The van der Waals surface area contributed by atoms with Gasteiger partial charge < -0.3 is 9.73 Å².